The first-order chi connectivity index (χ1) is 8.67. The lowest BCUT2D eigenvalue weighted by atomic mass is 9.98. The number of rotatable bonds is 7. The van der Waals surface area contributed by atoms with Gasteiger partial charge in [0.15, 0.2) is 0 Å². The monoisotopic (exact) mass is 254 g/mol. The molecule has 1 heterocycles. The van der Waals surface area contributed by atoms with E-state index in [0.29, 0.717) is 11.8 Å². The second kappa shape index (κ2) is 8.52. The van der Waals surface area contributed by atoms with E-state index in [1.807, 2.05) is 0 Å². The zero-order valence-electron chi connectivity index (χ0n) is 12.4. The molecule has 1 rings (SSSR count). The highest BCUT2D eigenvalue weighted by molar-refractivity contribution is 5.76. The van der Waals surface area contributed by atoms with Gasteiger partial charge in [-0.05, 0) is 44.2 Å². The van der Waals surface area contributed by atoms with Gasteiger partial charge in [0.05, 0.1) is 0 Å². The van der Waals surface area contributed by atoms with Crippen molar-refractivity contribution in [2.45, 2.75) is 52.9 Å². The highest BCUT2D eigenvalue weighted by atomic mass is 16.2. The van der Waals surface area contributed by atoms with Gasteiger partial charge in [0.25, 0.3) is 0 Å². The molecule has 2 unspecified atom stereocenters. The average Bonchev–Trinajstić information content (AvgIpc) is 2.53. The van der Waals surface area contributed by atoms with Gasteiger partial charge < -0.3 is 10.2 Å². The Morgan fingerprint density at radius 3 is 2.83 bits per heavy atom. The maximum absolute atomic E-state index is 12.0. The van der Waals surface area contributed by atoms with Crippen molar-refractivity contribution in [1.29, 1.82) is 0 Å². The third-order valence-electron chi connectivity index (χ3n) is 3.96. The summed E-state index contributed by atoms with van der Waals surface area (Å²) in [6.07, 6.45) is 5.43. The summed E-state index contributed by atoms with van der Waals surface area (Å²) in [6, 6.07) is 0. The predicted molar refractivity (Wildman–Crippen MR) is 76.5 cm³/mol. The SMILES string of the molecule is CCCNCC(C)CN1CCC(CC)CCC1=O. The highest BCUT2D eigenvalue weighted by Gasteiger charge is 2.22. The molecule has 2 atom stereocenters. The third-order valence-corrected chi connectivity index (χ3v) is 3.96. The van der Waals surface area contributed by atoms with Crippen molar-refractivity contribution >= 4 is 5.91 Å². The van der Waals surface area contributed by atoms with Crippen LogP contribution in [0.5, 0.6) is 0 Å². The van der Waals surface area contributed by atoms with E-state index in [4.69, 9.17) is 0 Å². The second-order valence-corrected chi connectivity index (χ2v) is 5.75. The van der Waals surface area contributed by atoms with Crippen LogP contribution in [0.15, 0.2) is 0 Å². The van der Waals surface area contributed by atoms with Gasteiger partial charge in [-0.1, -0.05) is 27.2 Å². The number of nitrogens with zero attached hydrogens (tertiary/aromatic N) is 1. The molecule has 0 aromatic heterocycles. The lowest BCUT2D eigenvalue weighted by molar-refractivity contribution is -0.131. The van der Waals surface area contributed by atoms with E-state index in [9.17, 15) is 4.79 Å². The predicted octanol–water partition coefficient (Wildman–Crippen LogP) is 2.66. The molecule has 18 heavy (non-hydrogen) atoms. The first-order valence-electron chi connectivity index (χ1n) is 7.65. The van der Waals surface area contributed by atoms with Crippen molar-refractivity contribution in [2.75, 3.05) is 26.2 Å². The van der Waals surface area contributed by atoms with Gasteiger partial charge in [-0.2, -0.15) is 0 Å². The fourth-order valence-electron chi connectivity index (χ4n) is 2.66. The Labute approximate surface area is 112 Å². The molecule has 1 N–H and O–H groups in total. The van der Waals surface area contributed by atoms with Gasteiger partial charge in [0.2, 0.25) is 5.91 Å². The van der Waals surface area contributed by atoms with Crippen LogP contribution >= 0.6 is 0 Å². The van der Waals surface area contributed by atoms with Crippen LogP contribution in [0.25, 0.3) is 0 Å². The molecule has 0 spiro atoms. The summed E-state index contributed by atoms with van der Waals surface area (Å²) in [6.45, 7) is 10.6. The first-order valence-corrected chi connectivity index (χ1v) is 7.65. The number of nitrogens with one attached hydrogen (secondary N) is 1. The molecule has 1 aliphatic rings. The van der Waals surface area contributed by atoms with E-state index in [0.717, 1.165) is 44.9 Å². The number of amides is 1. The van der Waals surface area contributed by atoms with Gasteiger partial charge >= 0.3 is 0 Å². The average molecular weight is 254 g/mol. The van der Waals surface area contributed by atoms with E-state index in [-0.39, 0.29) is 0 Å². The van der Waals surface area contributed by atoms with Crippen LogP contribution in [0, 0.1) is 11.8 Å². The number of hydrogen-bond acceptors (Lipinski definition) is 2. The van der Waals surface area contributed by atoms with Crippen molar-refractivity contribution in [2.24, 2.45) is 11.8 Å². The minimum absolute atomic E-state index is 0.369. The largest absolute Gasteiger partial charge is 0.342 e. The van der Waals surface area contributed by atoms with Crippen LogP contribution in [-0.4, -0.2) is 37.0 Å². The Balaban J connectivity index is 2.33. The molecule has 0 bridgehead atoms. The topological polar surface area (TPSA) is 32.3 Å². The fourth-order valence-corrected chi connectivity index (χ4v) is 2.66. The number of likely N-dealkylation sites (tertiary alicyclic amines) is 1. The molecule has 1 amide bonds. The van der Waals surface area contributed by atoms with Crippen LogP contribution < -0.4 is 5.32 Å². The first kappa shape index (κ1) is 15.5. The van der Waals surface area contributed by atoms with Crippen LogP contribution in [0.1, 0.15) is 52.9 Å². The van der Waals surface area contributed by atoms with E-state index in [1.165, 1.54) is 19.3 Å². The van der Waals surface area contributed by atoms with Crippen LogP contribution in [0.3, 0.4) is 0 Å². The van der Waals surface area contributed by atoms with Crippen molar-refractivity contribution in [3.63, 3.8) is 0 Å². The summed E-state index contributed by atoms with van der Waals surface area (Å²) in [5.74, 6) is 1.68. The van der Waals surface area contributed by atoms with Crippen LogP contribution in [0.4, 0.5) is 0 Å². The molecule has 0 aromatic rings. The van der Waals surface area contributed by atoms with Crippen LogP contribution in [0.2, 0.25) is 0 Å². The minimum atomic E-state index is 0.369. The minimum Gasteiger partial charge on any atom is -0.342 e. The van der Waals surface area contributed by atoms with Crippen molar-refractivity contribution in [3.05, 3.63) is 0 Å². The van der Waals surface area contributed by atoms with Gasteiger partial charge in [0, 0.05) is 19.5 Å². The summed E-state index contributed by atoms with van der Waals surface area (Å²) in [5, 5.41) is 3.44. The zero-order chi connectivity index (χ0) is 13.4. The highest BCUT2D eigenvalue weighted by Crippen LogP contribution is 2.21. The van der Waals surface area contributed by atoms with Gasteiger partial charge in [-0.25, -0.2) is 0 Å². The molecule has 0 aliphatic carbocycles. The number of carbonyl (C=O) groups is 1. The summed E-state index contributed by atoms with van der Waals surface area (Å²) < 4.78 is 0. The van der Waals surface area contributed by atoms with Crippen molar-refractivity contribution in [1.82, 2.24) is 10.2 Å². The smallest absolute Gasteiger partial charge is 0.222 e. The molecular weight excluding hydrogens is 224 g/mol. The molecule has 1 saturated heterocycles. The fraction of sp³-hybridized carbons (Fsp3) is 0.933. The summed E-state index contributed by atoms with van der Waals surface area (Å²) in [4.78, 5) is 14.1. The lowest BCUT2D eigenvalue weighted by Crippen LogP contribution is -2.37. The molecule has 1 aliphatic heterocycles. The quantitative estimate of drug-likeness (QED) is 0.708. The van der Waals surface area contributed by atoms with Crippen LogP contribution in [-0.2, 0) is 4.79 Å². The van der Waals surface area contributed by atoms with E-state index >= 15 is 0 Å². The lowest BCUT2D eigenvalue weighted by Gasteiger charge is -2.25. The standard InChI is InChI=1S/C15H30N2O/c1-4-9-16-11-13(3)12-17-10-8-14(5-2)6-7-15(17)18/h13-14,16H,4-12H2,1-3H3. The molecule has 1 fully saturated rings. The molecule has 0 aromatic carbocycles. The van der Waals surface area contributed by atoms with Crippen molar-refractivity contribution in [3.8, 4) is 0 Å². The molecule has 3 nitrogen and oxygen atoms in total. The molecule has 0 saturated carbocycles. The second-order valence-electron chi connectivity index (χ2n) is 5.75. The van der Waals surface area contributed by atoms with Gasteiger partial charge in [-0.15, -0.1) is 0 Å². The van der Waals surface area contributed by atoms with E-state index in [2.05, 4.69) is 31.0 Å². The van der Waals surface area contributed by atoms with E-state index in [1.54, 1.807) is 0 Å². The Morgan fingerprint density at radius 2 is 2.17 bits per heavy atom. The molecular formula is C15H30N2O. The third kappa shape index (κ3) is 5.38. The van der Waals surface area contributed by atoms with Gasteiger partial charge in [0.1, 0.15) is 0 Å². The van der Waals surface area contributed by atoms with Crippen molar-refractivity contribution < 1.29 is 4.79 Å². The Bertz CT molecular complexity index is 243. The van der Waals surface area contributed by atoms with E-state index < -0.39 is 0 Å². The number of hydrogen-bond donors (Lipinski definition) is 1. The zero-order valence-corrected chi connectivity index (χ0v) is 12.4. The van der Waals surface area contributed by atoms with Gasteiger partial charge in [-0.3, -0.25) is 4.79 Å². The Hall–Kier alpha value is -0.570. The normalized spacial score (nSPS) is 22.9. The summed E-state index contributed by atoms with van der Waals surface area (Å²) in [5.41, 5.74) is 0. The molecule has 106 valence electrons. The molecule has 3 heteroatoms. The summed E-state index contributed by atoms with van der Waals surface area (Å²) >= 11 is 0. The summed E-state index contributed by atoms with van der Waals surface area (Å²) in [7, 11) is 0. The molecule has 0 radical (unpaired) electrons. The number of carbonyl (C=O) groups excluding carboxylic acids is 1. The Kier molecular flexibility index (Phi) is 7.33. The maximum Gasteiger partial charge on any atom is 0.222 e. The maximum atomic E-state index is 12.0. The Morgan fingerprint density at radius 1 is 1.39 bits per heavy atom.